The van der Waals surface area contributed by atoms with Crippen molar-refractivity contribution in [1.82, 2.24) is 50.6 Å². The molecular weight excluding hydrogens is 1080 g/mol. The van der Waals surface area contributed by atoms with E-state index in [4.69, 9.17) is 74.8 Å². The Morgan fingerprint density at radius 2 is 0.872 bits per heavy atom. The molecule has 0 saturated carbocycles. The number of benzene rings is 4. The molecule has 8 rings (SSSR count). The first-order chi connectivity index (χ1) is 38.0. The number of hydrogen-bond acceptors (Lipinski definition) is 12. The highest BCUT2D eigenvalue weighted by Gasteiger charge is 2.29. The fourth-order valence-electron chi connectivity index (χ4n) is 9.86. The first kappa shape index (κ1) is 59.3. The maximum absolute atomic E-state index is 12.1. The Balaban J connectivity index is 0.559. The number of hydrogen-bond donors (Lipinski definition) is 4. The third-order valence-electron chi connectivity index (χ3n) is 13.7. The molecule has 4 N–H and O–H groups in total. The Hall–Kier alpha value is -4.80. The number of aromatic nitrogens is 4. The summed E-state index contributed by atoms with van der Waals surface area (Å²) in [6.07, 6.45) is 5.20. The fourth-order valence-corrected chi connectivity index (χ4v) is 11.0. The van der Waals surface area contributed by atoms with E-state index in [1.807, 2.05) is 46.0 Å². The second kappa shape index (κ2) is 30.7. The Morgan fingerprint density at radius 1 is 0.500 bits per heavy atom. The van der Waals surface area contributed by atoms with E-state index in [1.165, 1.54) is 22.3 Å². The molecule has 0 bridgehead atoms. The van der Waals surface area contributed by atoms with Crippen molar-refractivity contribution in [3.8, 4) is 0 Å². The Labute approximate surface area is 476 Å². The number of amides is 4. The predicted molar refractivity (Wildman–Crippen MR) is 306 cm³/mol. The van der Waals surface area contributed by atoms with E-state index in [0.29, 0.717) is 151 Å². The minimum absolute atomic E-state index is 0.149. The van der Waals surface area contributed by atoms with Gasteiger partial charge in [-0.15, -0.1) is 0 Å². The van der Waals surface area contributed by atoms with Gasteiger partial charge in [0, 0.05) is 95.1 Å². The van der Waals surface area contributed by atoms with E-state index >= 15 is 0 Å². The van der Waals surface area contributed by atoms with E-state index in [9.17, 15) is 9.59 Å². The molecule has 2 atom stereocenters. The van der Waals surface area contributed by atoms with E-state index in [1.54, 1.807) is 0 Å². The molecule has 4 amide bonds. The molecule has 22 heteroatoms. The summed E-state index contributed by atoms with van der Waals surface area (Å²) in [5.41, 5.74) is 9.12. The summed E-state index contributed by atoms with van der Waals surface area (Å²) in [7, 11) is 4.22. The maximum Gasteiger partial charge on any atom is 0.314 e. The second-order valence-electron chi connectivity index (χ2n) is 19.5. The molecule has 2 aromatic heterocycles. The third-order valence-corrected chi connectivity index (χ3v) is 14.9. The monoisotopic (exact) mass is 1150 g/mol. The number of likely N-dealkylation sites (N-methyl/N-ethyl adjacent to an activating group) is 2. The maximum atomic E-state index is 12.1. The van der Waals surface area contributed by atoms with Crippen molar-refractivity contribution in [1.29, 1.82) is 0 Å². The zero-order chi connectivity index (χ0) is 54.6. The number of carbonyl (C=O) groups excluding carboxylic acids is 2. The van der Waals surface area contributed by atoms with Crippen molar-refractivity contribution in [3.05, 3.63) is 127 Å². The van der Waals surface area contributed by atoms with Crippen LogP contribution in [0.5, 0.6) is 0 Å². The highest BCUT2D eigenvalue weighted by Crippen LogP contribution is 2.41. The summed E-state index contributed by atoms with van der Waals surface area (Å²) in [6.45, 7) is 11.5. The molecule has 0 saturated heterocycles. The number of nitrogens with zero attached hydrogens (tertiary/aromatic N) is 6. The number of halogens is 4. The minimum Gasteiger partial charge on any atom is -0.377 e. The molecule has 0 radical (unpaired) electrons. The van der Waals surface area contributed by atoms with Gasteiger partial charge in [0.1, 0.15) is 0 Å². The second-order valence-corrected chi connectivity index (χ2v) is 21.2. The lowest BCUT2D eigenvalue weighted by molar-refractivity contribution is 0.0137. The van der Waals surface area contributed by atoms with Crippen LogP contribution in [-0.2, 0) is 54.6 Å². The molecule has 6 aromatic rings. The zero-order valence-electron chi connectivity index (χ0n) is 44.5. The largest absolute Gasteiger partial charge is 0.377 e. The molecule has 18 nitrogen and oxygen atoms in total. The first-order valence-corrected chi connectivity index (χ1v) is 28.3. The lowest BCUT2D eigenvalue weighted by atomic mass is 9.84. The number of ether oxygens (including phenoxy) is 6. The molecule has 0 spiro atoms. The van der Waals surface area contributed by atoms with Gasteiger partial charge in [0.25, 0.3) is 0 Å². The Kier molecular flexibility index (Phi) is 23.3. The molecule has 2 aliphatic heterocycles. The smallest absolute Gasteiger partial charge is 0.314 e. The highest BCUT2D eigenvalue weighted by atomic mass is 35.5. The topological polar surface area (TPSA) is 180 Å². The average molecular weight is 1160 g/mol. The Morgan fingerprint density at radius 3 is 1.28 bits per heavy atom. The van der Waals surface area contributed by atoms with Gasteiger partial charge in [0.2, 0.25) is 0 Å². The van der Waals surface area contributed by atoms with Gasteiger partial charge in [-0.05, 0) is 96.7 Å². The predicted octanol–water partition coefficient (Wildman–Crippen LogP) is 8.33. The molecule has 4 aromatic carbocycles. The van der Waals surface area contributed by atoms with Crippen molar-refractivity contribution in [2.24, 2.45) is 0 Å². The van der Waals surface area contributed by atoms with Crippen LogP contribution in [-0.4, -0.2) is 174 Å². The average Bonchev–Trinajstić information content (AvgIpc) is 4.08. The van der Waals surface area contributed by atoms with Gasteiger partial charge in [0.05, 0.1) is 116 Å². The molecule has 78 heavy (non-hydrogen) atoms. The van der Waals surface area contributed by atoms with Crippen LogP contribution in [0.4, 0.5) is 9.59 Å². The van der Waals surface area contributed by atoms with Gasteiger partial charge in [-0.3, -0.25) is 9.36 Å². The number of rotatable bonds is 31. The van der Waals surface area contributed by atoms with Crippen molar-refractivity contribution < 1.29 is 38.0 Å². The van der Waals surface area contributed by atoms with Crippen molar-refractivity contribution in [2.45, 2.75) is 50.9 Å². The van der Waals surface area contributed by atoms with Gasteiger partial charge in [-0.1, -0.05) is 70.7 Å². The summed E-state index contributed by atoms with van der Waals surface area (Å²) >= 11 is 26.1. The van der Waals surface area contributed by atoms with Crippen LogP contribution in [0, 0.1) is 0 Å². The van der Waals surface area contributed by atoms with Crippen LogP contribution in [0.15, 0.2) is 73.1 Å². The lowest BCUT2D eigenvalue weighted by Gasteiger charge is -2.33. The standard InChI is InChI=1S/C56H72Cl4N10O8/c1-67-35-47(45-29-43(57)31-51(59)49(45)37-67)39-5-7-41-33-65-69(53(41)27-39)13-17-75-21-25-77-23-19-73-15-11-63-55(71)61-9-3-4-10-62-56(72)64-12-16-74-20-24-78-26-22-76-18-14-70-54-28-40(6-8-42(54)34-66-70)48-36-68(2)38-50-46(48)30-44(58)32-52(50)60/h5-8,27-34,47-48H,3-4,9-26,35-38H2,1-2H3,(H2,61,63,71)(H2,62,64,72). The molecule has 0 aliphatic carbocycles. The van der Waals surface area contributed by atoms with Crippen LogP contribution >= 0.6 is 46.4 Å². The van der Waals surface area contributed by atoms with Gasteiger partial charge < -0.3 is 59.5 Å². The van der Waals surface area contributed by atoms with E-state index in [0.717, 1.165) is 59.1 Å². The lowest BCUT2D eigenvalue weighted by Crippen LogP contribution is -2.39. The number of urea groups is 2. The van der Waals surface area contributed by atoms with Gasteiger partial charge in [0.15, 0.2) is 0 Å². The van der Waals surface area contributed by atoms with Crippen LogP contribution < -0.4 is 21.3 Å². The molecule has 2 aliphatic rings. The zero-order valence-corrected chi connectivity index (χ0v) is 47.5. The van der Waals surface area contributed by atoms with Gasteiger partial charge >= 0.3 is 12.1 Å². The van der Waals surface area contributed by atoms with Crippen LogP contribution in [0.2, 0.25) is 20.1 Å². The fraction of sp³-hybridized carbons (Fsp3) is 0.500. The summed E-state index contributed by atoms with van der Waals surface area (Å²) < 4.78 is 38.1. The highest BCUT2D eigenvalue weighted by molar-refractivity contribution is 6.35. The molecular formula is C56H72Cl4N10O8. The quantitative estimate of drug-likeness (QED) is 0.0307. The van der Waals surface area contributed by atoms with Crippen LogP contribution in [0.1, 0.15) is 58.1 Å². The van der Waals surface area contributed by atoms with Gasteiger partial charge in [-0.25, -0.2) is 9.59 Å². The minimum atomic E-state index is -0.266. The molecule has 0 fully saturated rings. The molecule has 4 heterocycles. The summed E-state index contributed by atoms with van der Waals surface area (Å²) in [5, 5.41) is 25.3. The first-order valence-electron chi connectivity index (χ1n) is 26.7. The summed E-state index contributed by atoms with van der Waals surface area (Å²) in [5.74, 6) is 0.298. The van der Waals surface area contributed by atoms with Gasteiger partial charge in [-0.2, -0.15) is 10.2 Å². The molecule has 422 valence electrons. The Bertz CT molecular complexity index is 2700. The molecule has 2 unspecified atom stereocenters. The van der Waals surface area contributed by atoms with E-state index in [-0.39, 0.29) is 23.9 Å². The summed E-state index contributed by atoms with van der Waals surface area (Å²) in [4.78, 5) is 28.8. The van der Waals surface area contributed by atoms with Crippen LogP contribution in [0.3, 0.4) is 0 Å². The van der Waals surface area contributed by atoms with Crippen molar-refractivity contribution in [3.63, 3.8) is 0 Å². The van der Waals surface area contributed by atoms with E-state index < -0.39 is 0 Å². The normalized spacial score (nSPS) is 15.7. The number of nitrogens with one attached hydrogen (secondary N) is 4. The third kappa shape index (κ3) is 17.4. The van der Waals surface area contributed by atoms with Crippen molar-refractivity contribution >= 4 is 80.3 Å². The summed E-state index contributed by atoms with van der Waals surface area (Å²) in [6, 6.07) is 20.2. The van der Waals surface area contributed by atoms with E-state index in [2.05, 4.69) is 91.8 Å². The number of carbonyl (C=O) groups is 2. The number of fused-ring (bicyclic) bond motifs is 4. The number of unbranched alkanes of at least 4 members (excludes halogenated alkanes) is 1. The SMILES string of the molecule is CN1Cc2c(Cl)cc(Cl)cc2C(c2ccc3cnn(CCOCCOCCOCCNC(=O)NCCCCNC(=O)NCCOCCOCCOCCn4ncc5ccc(C6CN(C)Cc7c(Cl)cc(Cl)cc76)cc54)c3c2)C1. The van der Waals surface area contributed by atoms with Crippen LogP contribution in [0.25, 0.3) is 21.8 Å². The van der Waals surface area contributed by atoms with Crippen molar-refractivity contribution in [2.75, 3.05) is 133 Å².